The molecule has 0 spiro atoms. The Morgan fingerprint density at radius 2 is 2.24 bits per heavy atom. The number of nitrogen functional groups attached to an aromatic ring is 1. The molecule has 4 nitrogen and oxygen atoms in total. The lowest BCUT2D eigenvalue weighted by molar-refractivity contribution is 0.0693. The van der Waals surface area contributed by atoms with Gasteiger partial charge in [-0.15, -0.1) is 11.8 Å². The molecule has 5 heteroatoms. The maximum Gasteiger partial charge on any atom is 0.336 e. The van der Waals surface area contributed by atoms with Gasteiger partial charge in [0.1, 0.15) is 5.76 Å². The Hall–Kier alpha value is -1.88. The van der Waals surface area contributed by atoms with Crippen molar-refractivity contribution in [1.29, 1.82) is 0 Å². The van der Waals surface area contributed by atoms with Gasteiger partial charge in [-0.05, 0) is 30.3 Å². The Morgan fingerprint density at radius 1 is 1.41 bits per heavy atom. The molecule has 17 heavy (non-hydrogen) atoms. The van der Waals surface area contributed by atoms with Crippen LogP contribution in [0.5, 0.6) is 0 Å². The van der Waals surface area contributed by atoms with Crippen LogP contribution in [-0.4, -0.2) is 11.1 Å². The average molecular weight is 249 g/mol. The van der Waals surface area contributed by atoms with Gasteiger partial charge in [0.2, 0.25) is 0 Å². The highest BCUT2D eigenvalue weighted by Gasteiger charge is 2.11. The van der Waals surface area contributed by atoms with E-state index in [4.69, 9.17) is 15.3 Å². The van der Waals surface area contributed by atoms with Gasteiger partial charge in [-0.3, -0.25) is 0 Å². The molecular weight excluding hydrogens is 238 g/mol. The second kappa shape index (κ2) is 4.97. The van der Waals surface area contributed by atoms with E-state index in [-0.39, 0.29) is 5.56 Å². The largest absolute Gasteiger partial charge is 0.478 e. The number of nitrogens with two attached hydrogens (primary N) is 1. The summed E-state index contributed by atoms with van der Waals surface area (Å²) in [6, 6.07) is 8.41. The number of thioether (sulfide) groups is 1. The van der Waals surface area contributed by atoms with Crippen molar-refractivity contribution in [2.24, 2.45) is 0 Å². The van der Waals surface area contributed by atoms with Crippen molar-refractivity contribution in [3.63, 3.8) is 0 Å². The Labute approximate surface area is 102 Å². The molecule has 1 aromatic heterocycles. The first-order chi connectivity index (χ1) is 8.16. The van der Waals surface area contributed by atoms with E-state index in [0.717, 1.165) is 5.76 Å². The molecule has 88 valence electrons. The fourth-order valence-corrected chi connectivity index (χ4v) is 2.37. The van der Waals surface area contributed by atoms with Crippen molar-refractivity contribution < 1.29 is 14.3 Å². The topological polar surface area (TPSA) is 76.5 Å². The Kier molecular flexibility index (Phi) is 3.39. The smallest absolute Gasteiger partial charge is 0.336 e. The van der Waals surface area contributed by atoms with Crippen molar-refractivity contribution in [3.8, 4) is 0 Å². The van der Waals surface area contributed by atoms with Gasteiger partial charge in [-0.25, -0.2) is 4.79 Å². The second-order valence-electron chi connectivity index (χ2n) is 3.43. The van der Waals surface area contributed by atoms with Crippen LogP contribution in [-0.2, 0) is 5.75 Å². The van der Waals surface area contributed by atoms with E-state index in [1.165, 1.54) is 17.8 Å². The third-order valence-electron chi connectivity index (χ3n) is 2.19. The maximum absolute atomic E-state index is 11.0. The summed E-state index contributed by atoms with van der Waals surface area (Å²) in [7, 11) is 0. The van der Waals surface area contributed by atoms with Crippen LogP contribution >= 0.6 is 11.8 Å². The number of rotatable bonds is 4. The van der Waals surface area contributed by atoms with Gasteiger partial charge in [0, 0.05) is 10.6 Å². The number of aromatic carboxylic acids is 1. The molecule has 2 aromatic rings. The molecule has 0 atom stereocenters. The highest BCUT2D eigenvalue weighted by atomic mass is 32.2. The van der Waals surface area contributed by atoms with Crippen LogP contribution in [0.3, 0.4) is 0 Å². The minimum Gasteiger partial charge on any atom is -0.478 e. The monoisotopic (exact) mass is 249 g/mol. The van der Waals surface area contributed by atoms with Gasteiger partial charge in [-0.1, -0.05) is 0 Å². The predicted molar refractivity (Wildman–Crippen MR) is 66.1 cm³/mol. The van der Waals surface area contributed by atoms with E-state index < -0.39 is 5.97 Å². The zero-order chi connectivity index (χ0) is 12.3. The quantitative estimate of drug-likeness (QED) is 0.643. The lowest BCUT2D eigenvalue weighted by Crippen LogP contribution is -2.00. The SMILES string of the molecule is Nc1ccc(C(=O)O)c(SCc2ccco2)c1. The van der Waals surface area contributed by atoms with E-state index in [9.17, 15) is 4.79 Å². The average Bonchev–Trinajstić information content (AvgIpc) is 2.78. The van der Waals surface area contributed by atoms with E-state index in [0.29, 0.717) is 16.3 Å². The molecule has 0 fully saturated rings. The number of hydrogen-bond acceptors (Lipinski definition) is 4. The van der Waals surface area contributed by atoms with Crippen molar-refractivity contribution in [3.05, 3.63) is 47.9 Å². The fraction of sp³-hybridized carbons (Fsp3) is 0.0833. The van der Waals surface area contributed by atoms with E-state index in [1.54, 1.807) is 24.5 Å². The molecule has 0 aliphatic heterocycles. The molecule has 0 radical (unpaired) electrons. The highest BCUT2D eigenvalue weighted by molar-refractivity contribution is 7.98. The molecule has 0 amide bonds. The summed E-state index contributed by atoms with van der Waals surface area (Å²) in [5.74, 6) is 0.428. The normalized spacial score (nSPS) is 10.4. The zero-order valence-corrected chi connectivity index (χ0v) is 9.74. The standard InChI is InChI=1S/C12H11NO3S/c13-8-3-4-10(12(14)15)11(6-8)17-7-9-2-1-5-16-9/h1-6H,7,13H2,(H,14,15). The van der Waals surface area contributed by atoms with Gasteiger partial charge >= 0.3 is 5.97 Å². The number of carboxylic acid groups (broad SMARTS) is 1. The zero-order valence-electron chi connectivity index (χ0n) is 8.92. The Bertz CT molecular complexity index is 523. The van der Waals surface area contributed by atoms with Crippen LogP contribution in [0.4, 0.5) is 5.69 Å². The highest BCUT2D eigenvalue weighted by Crippen LogP contribution is 2.28. The molecule has 0 bridgehead atoms. The summed E-state index contributed by atoms with van der Waals surface area (Å²) in [6.45, 7) is 0. The van der Waals surface area contributed by atoms with E-state index in [2.05, 4.69) is 0 Å². The molecule has 1 aromatic carbocycles. The molecule has 0 aliphatic carbocycles. The van der Waals surface area contributed by atoms with Crippen LogP contribution in [0.25, 0.3) is 0 Å². The van der Waals surface area contributed by atoms with Crippen LogP contribution in [0, 0.1) is 0 Å². The Morgan fingerprint density at radius 3 is 2.88 bits per heavy atom. The lowest BCUT2D eigenvalue weighted by atomic mass is 10.2. The van der Waals surface area contributed by atoms with Crippen LogP contribution < -0.4 is 5.73 Å². The molecule has 0 aliphatic rings. The van der Waals surface area contributed by atoms with E-state index >= 15 is 0 Å². The molecular formula is C12H11NO3S. The summed E-state index contributed by atoms with van der Waals surface area (Å²) < 4.78 is 5.19. The van der Waals surface area contributed by atoms with Crippen molar-refractivity contribution >= 4 is 23.4 Å². The van der Waals surface area contributed by atoms with Gasteiger partial charge in [0.05, 0.1) is 17.6 Å². The molecule has 1 heterocycles. The molecule has 3 N–H and O–H groups in total. The minimum absolute atomic E-state index is 0.260. The number of anilines is 1. The van der Waals surface area contributed by atoms with Crippen molar-refractivity contribution in [2.75, 3.05) is 5.73 Å². The molecule has 0 saturated carbocycles. The number of carbonyl (C=O) groups is 1. The van der Waals surface area contributed by atoms with E-state index in [1.807, 2.05) is 6.07 Å². The third-order valence-corrected chi connectivity index (χ3v) is 3.26. The first kappa shape index (κ1) is 11.6. The van der Waals surface area contributed by atoms with Crippen molar-refractivity contribution in [2.45, 2.75) is 10.6 Å². The first-order valence-corrected chi connectivity index (χ1v) is 5.93. The van der Waals surface area contributed by atoms with Gasteiger partial charge in [0.15, 0.2) is 0 Å². The first-order valence-electron chi connectivity index (χ1n) is 4.95. The number of benzene rings is 1. The third kappa shape index (κ3) is 2.82. The predicted octanol–water partition coefficient (Wildman–Crippen LogP) is 2.85. The number of carboxylic acids is 1. The fourth-order valence-electron chi connectivity index (χ4n) is 1.38. The van der Waals surface area contributed by atoms with Gasteiger partial charge < -0.3 is 15.3 Å². The molecule has 0 saturated heterocycles. The Balaban J connectivity index is 2.19. The minimum atomic E-state index is -0.952. The second-order valence-corrected chi connectivity index (χ2v) is 4.45. The number of hydrogen-bond donors (Lipinski definition) is 2. The molecule has 0 unspecified atom stereocenters. The summed E-state index contributed by atoms with van der Waals surface area (Å²) >= 11 is 1.39. The summed E-state index contributed by atoms with van der Waals surface area (Å²) in [5.41, 5.74) is 6.46. The van der Waals surface area contributed by atoms with Crippen LogP contribution in [0.1, 0.15) is 16.1 Å². The summed E-state index contributed by atoms with van der Waals surface area (Å²) in [6.07, 6.45) is 1.59. The van der Waals surface area contributed by atoms with Crippen LogP contribution in [0.15, 0.2) is 45.9 Å². The number of furan rings is 1. The maximum atomic E-state index is 11.0. The summed E-state index contributed by atoms with van der Waals surface area (Å²) in [5, 5.41) is 9.04. The van der Waals surface area contributed by atoms with Gasteiger partial charge in [0.25, 0.3) is 0 Å². The summed E-state index contributed by atoms with van der Waals surface area (Å²) in [4.78, 5) is 11.7. The van der Waals surface area contributed by atoms with Crippen LogP contribution in [0.2, 0.25) is 0 Å². The lowest BCUT2D eigenvalue weighted by Gasteiger charge is -2.05. The molecule has 2 rings (SSSR count). The van der Waals surface area contributed by atoms with Gasteiger partial charge in [-0.2, -0.15) is 0 Å². The van der Waals surface area contributed by atoms with Crippen molar-refractivity contribution in [1.82, 2.24) is 0 Å².